The van der Waals surface area contributed by atoms with Crippen LogP contribution in [0.1, 0.15) is 0 Å². The Balaban J connectivity index is -0.0000000910. The minimum absolute atomic E-state index is 0. The Kier molecular flexibility index (Phi) is 10.0. The minimum Gasteiger partial charge on any atom is -0.412 e. The summed E-state index contributed by atoms with van der Waals surface area (Å²) in [6.07, 6.45) is 0. The average Bonchev–Trinajstić information content (AvgIpc) is 1.19. The fraction of sp³-hybridized carbons (Fsp3) is 1.00. The van der Waals surface area contributed by atoms with Gasteiger partial charge in [0.2, 0.25) is 0 Å². The zero-order valence-corrected chi connectivity index (χ0v) is 6.62. The molecule has 0 aromatic carbocycles. The average molecular weight is 154 g/mol. The van der Waals surface area contributed by atoms with Crippen LogP contribution in [0, 0.1) is 15.3 Å². The Hall–Kier alpha value is -0.880. The van der Waals surface area contributed by atoms with Crippen molar-refractivity contribution < 1.29 is 15.0 Å². The first kappa shape index (κ1) is 16.1. The van der Waals surface area contributed by atoms with Crippen molar-refractivity contribution in [1.29, 1.82) is 0 Å². The van der Waals surface area contributed by atoms with Crippen molar-refractivity contribution in [3.05, 3.63) is 15.3 Å². The molecule has 0 unspecified atom stereocenters. The van der Waals surface area contributed by atoms with E-state index >= 15 is 0 Å². The van der Waals surface area contributed by atoms with Crippen LogP contribution in [-0.2, 0) is 0 Å². The molecule has 6 nitrogen and oxygen atoms in total. The molecule has 0 amide bonds. The second kappa shape index (κ2) is 6.24. The van der Waals surface area contributed by atoms with Gasteiger partial charge >= 0.3 is 0 Å². The van der Waals surface area contributed by atoms with Gasteiger partial charge < -0.3 is 25.3 Å². The summed E-state index contributed by atoms with van der Waals surface area (Å²) in [6, 6.07) is 0. The van der Waals surface area contributed by atoms with Crippen molar-refractivity contribution in [2.24, 2.45) is 0 Å². The van der Waals surface area contributed by atoms with Crippen molar-refractivity contribution in [2.45, 2.75) is 0 Å². The van der Waals surface area contributed by atoms with Crippen LogP contribution >= 0.6 is 0 Å². The lowest BCUT2D eigenvalue weighted by atomic mass is 10.8. The highest BCUT2D eigenvalue weighted by atomic mass is 16.9. The summed E-state index contributed by atoms with van der Waals surface area (Å²) < 4.78 is 1.00. The van der Waals surface area contributed by atoms with Crippen LogP contribution in [0.5, 0.6) is 0 Å². The van der Waals surface area contributed by atoms with Gasteiger partial charge in [-0.2, -0.15) is 0 Å². The lowest BCUT2D eigenvalue weighted by Gasteiger charge is -2.14. The first-order valence-corrected chi connectivity index (χ1v) is 2.34. The molecule has 6 heteroatoms. The second-order valence-corrected chi connectivity index (χ2v) is 2.91. The van der Waals surface area contributed by atoms with E-state index in [1.165, 1.54) is 0 Å². The van der Waals surface area contributed by atoms with Crippen molar-refractivity contribution in [3.8, 4) is 0 Å². The van der Waals surface area contributed by atoms with E-state index in [4.69, 9.17) is 15.3 Å². The second-order valence-electron chi connectivity index (χ2n) is 2.91. The van der Waals surface area contributed by atoms with E-state index in [1.807, 2.05) is 0 Å². The maximum atomic E-state index is 8.25. The molecule has 0 fully saturated rings. The third kappa shape index (κ3) is 344. The molecule has 10 heavy (non-hydrogen) atoms. The van der Waals surface area contributed by atoms with Gasteiger partial charge in [0, 0.05) is 0 Å². The standard InChI is InChI=1S/C4H12N.NO3.H2O/c1-5(2,3)4;2-1(3)4;/h1-4H3;;1H2/q+1;-1;. The van der Waals surface area contributed by atoms with Crippen molar-refractivity contribution >= 4 is 0 Å². The number of nitrogens with zero attached hydrogens (tertiary/aromatic N) is 2. The molecule has 0 bridgehead atoms. The Morgan fingerprint density at radius 3 is 1.10 bits per heavy atom. The van der Waals surface area contributed by atoms with Gasteiger partial charge in [0.05, 0.1) is 33.3 Å². The van der Waals surface area contributed by atoms with E-state index in [1.54, 1.807) is 0 Å². The van der Waals surface area contributed by atoms with E-state index in [2.05, 4.69) is 28.2 Å². The lowest BCUT2D eigenvalue weighted by Crippen LogP contribution is -2.27. The Bertz CT molecular complexity index is 77.7. The van der Waals surface area contributed by atoms with E-state index in [-0.39, 0.29) is 5.48 Å². The SMILES string of the molecule is C[N+](C)(C)C.O.O=[N+]([O-])[O-]. The zero-order chi connectivity index (χ0) is 8.08. The third-order valence-corrected chi connectivity index (χ3v) is 0. The van der Waals surface area contributed by atoms with Gasteiger partial charge in [0.1, 0.15) is 0 Å². The number of hydrogen-bond donors (Lipinski definition) is 0. The monoisotopic (exact) mass is 154 g/mol. The summed E-state index contributed by atoms with van der Waals surface area (Å²) in [6.45, 7) is 0. The Labute approximate surface area is 59.7 Å². The summed E-state index contributed by atoms with van der Waals surface area (Å²) >= 11 is 0. The van der Waals surface area contributed by atoms with Gasteiger partial charge in [-0.3, -0.25) is 0 Å². The van der Waals surface area contributed by atoms with Gasteiger partial charge in [-0.25, -0.2) is 0 Å². The van der Waals surface area contributed by atoms with Crippen molar-refractivity contribution in [1.82, 2.24) is 0 Å². The fourth-order valence-electron chi connectivity index (χ4n) is 0. The molecule has 0 aliphatic rings. The summed E-state index contributed by atoms with van der Waals surface area (Å²) in [4.78, 5) is 8.25. The molecule has 0 saturated heterocycles. The van der Waals surface area contributed by atoms with Gasteiger partial charge in [-0.05, 0) is 0 Å². The molecule has 0 radical (unpaired) electrons. The minimum atomic E-state index is -1.75. The van der Waals surface area contributed by atoms with Gasteiger partial charge in [0.25, 0.3) is 0 Å². The molecule has 0 atom stereocenters. The van der Waals surface area contributed by atoms with Crippen molar-refractivity contribution in [2.75, 3.05) is 28.2 Å². The molecule has 0 aromatic rings. The normalized spacial score (nSPS) is 8.40. The molecule has 0 rings (SSSR count). The molecule has 0 saturated carbocycles. The zero-order valence-electron chi connectivity index (χ0n) is 6.62. The molecular formula is C4H14N2O4. The molecule has 0 spiro atoms. The predicted molar refractivity (Wildman–Crippen MR) is 37.9 cm³/mol. The van der Waals surface area contributed by atoms with E-state index in [0.717, 1.165) is 4.48 Å². The van der Waals surface area contributed by atoms with Crippen molar-refractivity contribution in [3.63, 3.8) is 0 Å². The van der Waals surface area contributed by atoms with Crippen LogP contribution in [0.2, 0.25) is 0 Å². The van der Waals surface area contributed by atoms with Crippen LogP contribution in [0.15, 0.2) is 0 Å². The fourth-order valence-corrected chi connectivity index (χ4v) is 0. The number of quaternary nitrogens is 1. The predicted octanol–water partition coefficient (Wildman–Crippen LogP) is -0.741. The highest BCUT2D eigenvalue weighted by Crippen LogP contribution is 1.73. The lowest BCUT2D eigenvalue weighted by molar-refractivity contribution is -0.849. The van der Waals surface area contributed by atoms with Crippen LogP contribution in [-0.4, -0.2) is 43.2 Å². The first-order valence-electron chi connectivity index (χ1n) is 2.34. The molecule has 0 heterocycles. The molecule has 2 N–H and O–H groups in total. The van der Waals surface area contributed by atoms with Crippen LogP contribution in [0.4, 0.5) is 0 Å². The van der Waals surface area contributed by atoms with E-state index in [9.17, 15) is 0 Å². The molecule has 0 aliphatic carbocycles. The van der Waals surface area contributed by atoms with Crippen LogP contribution in [0.25, 0.3) is 0 Å². The smallest absolute Gasteiger partial charge is 0.0689 e. The largest absolute Gasteiger partial charge is 0.412 e. The molecule has 0 aromatic heterocycles. The van der Waals surface area contributed by atoms with Gasteiger partial charge in [0.15, 0.2) is 0 Å². The summed E-state index contributed by atoms with van der Waals surface area (Å²) in [5.41, 5.74) is 0. The Morgan fingerprint density at radius 1 is 1.10 bits per heavy atom. The van der Waals surface area contributed by atoms with Crippen LogP contribution < -0.4 is 0 Å². The quantitative estimate of drug-likeness (QED) is 0.261. The summed E-state index contributed by atoms with van der Waals surface area (Å²) in [5.74, 6) is 0. The third-order valence-electron chi connectivity index (χ3n) is 0. The summed E-state index contributed by atoms with van der Waals surface area (Å²) in [5, 5.41) is 14.8. The van der Waals surface area contributed by atoms with Crippen LogP contribution in [0.3, 0.4) is 0 Å². The molecule has 0 aliphatic heterocycles. The van der Waals surface area contributed by atoms with Gasteiger partial charge in [-0.1, -0.05) is 0 Å². The summed E-state index contributed by atoms with van der Waals surface area (Å²) in [7, 11) is 8.50. The van der Waals surface area contributed by atoms with E-state index < -0.39 is 5.09 Å². The van der Waals surface area contributed by atoms with E-state index in [0.29, 0.717) is 0 Å². The maximum Gasteiger partial charge on any atom is 0.0689 e. The van der Waals surface area contributed by atoms with Gasteiger partial charge in [-0.15, -0.1) is 0 Å². The Morgan fingerprint density at radius 2 is 1.10 bits per heavy atom. The number of hydrogen-bond acceptors (Lipinski definition) is 3. The molecular weight excluding hydrogens is 140 g/mol. The topological polar surface area (TPSA) is 97.7 Å². The molecule has 64 valence electrons. The highest BCUT2D eigenvalue weighted by molar-refractivity contribution is 4.03. The highest BCUT2D eigenvalue weighted by Gasteiger charge is 1.88. The number of rotatable bonds is 0. The maximum absolute atomic E-state index is 8.25. The first-order chi connectivity index (χ1) is 3.73.